The van der Waals surface area contributed by atoms with E-state index in [0.717, 1.165) is 37.2 Å². The molecule has 1 saturated heterocycles. The molecule has 0 aromatic heterocycles. The number of nitrogens with zero attached hydrogens (tertiary/aromatic N) is 1. The van der Waals surface area contributed by atoms with E-state index in [-0.39, 0.29) is 12.6 Å². The molecule has 7 heteroatoms. The number of hydrogen-bond donors (Lipinski definition) is 3. The summed E-state index contributed by atoms with van der Waals surface area (Å²) < 4.78 is 0. The maximum atomic E-state index is 11.8. The fourth-order valence-electron chi connectivity index (χ4n) is 3.23. The van der Waals surface area contributed by atoms with Gasteiger partial charge in [-0.2, -0.15) is 4.89 Å². The minimum Gasteiger partial charge on any atom is -0.392 e. The van der Waals surface area contributed by atoms with Crippen LogP contribution in [0.3, 0.4) is 0 Å². The first kappa shape index (κ1) is 16.8. The van der Waals surface area contributed by atoms with Crippen molar-refractivity contribution in [3.05, 3.63) is 41.7 Å². The lowest BCUT2D eigenvalue weighted by atomic mass is 10.0. The van der Waals surface area contributed by atoms with Gasteiger partial charge in [0.25, 0.3) is 0 Å². The van der Waals surface area contributed by atoms with Crippen LogP contribution >= 0.6 is 0 Å². The van der Waals surface area contributed by atoms with Crippen molar-refractivity contribution in [2.75, 3.05) is 25.0 Å². The number of piperidine rings is 1. The van der Waals surface area contributed by atoms with Gasteiger partial charge in [-0.15, -0.1) is 0 Å². The molecule has 1 amide bonds. The highest BCUT2D eigenvalue weighted by Gasteiger charge is 2.34. The standard InChI is InChI=1S/C17H23N3O4/c18-17(22)16(15-7-10-23-24-15)20-8-5-13(6-9-20)19-14-4-2-1-3-12(14)11-21/h1-4,7,13,16,19,21H,5-6,8-11H2,(H2,18,22). The van der Waals surface area contributed by atoms with Gasteiger partial charge in [0.05, 0.1) is 6.61 Å². The molecule has 0 spiro atoms. The zero-order valence-corrected chi connectivity index (χ0v) is 13.5. The second kappa shape index (κ2) is 7.65. The lowest BCUT2D eigenvalue weighted by Crippen LogP contribution is -2.51. The summed E-state index contributed by atoms with van der Waals surface area (Å²) in [5.74, 6) is 0.0586. The largest absolute Gasteiger partial charge is 0.392 e. The zero-order valence-electron chi connectivity index (χ0n) is 13.5. The molecule has 1 fully saturated rings. The van der Waals surface area contributed by atoms with Crippen LogP contribution in [0.25, 0.3) is 0 Å². The molecule has 2 heterocycles. The maximum absolute atomic E-state index is 11.8. The average molecular weight is 333 g/mol. The number of aliphatic hydroxyl groups is 1. The Kier molecular flexibility index (Phi) is 5.34. The number of primary amides is 1. The van der Waals surface area contributed by atoms with E-state index in [9.17, 15) is 9.90 Å². The van der Waals surface area contributed by atoms with Gasteiger partial charge in [-0.05, 0) is 25.0 Å². The molecule has 3 rings (SSSR count). The first-order valence-electron chi connectivity index (χ1n) is 8.17. The normalized spacial score (nSPS) is 20.3. The van der Waals surface area contributed by atoms with E-state index < -0.39 is 11.9 Å². The molecule has 1 aromatic carbocycles. The molecule has 130 valence electrons. The summed E-state index contributed by atoms with van der Waals surface area (Å²) in [4.78, 5) is 23.7. The first-order valence-corrected chi connectivity index (χ1v) is 8.17. The Bertz CT molecular complexity index is 612. The third kappa shape index (κ3) is 3.69. The molecule has 0 bridgehead atoms. The van der Waals surface area contributed by atoms with Gasteiger partial charge in [-0.3, -0.25) is 9.69 Å². The molecular formula is C17H23N3O4. The molecule has 7 nitrogen and oxygen atoms in total. The summed E-state index contributed by atoms with van der Waals surface area (Å²) >= 11 is 0. The van der Waals surface area contributed by atoms with E-state index in [1.165, 1.54) is 0 Å². The molecule has 0 saturated carbocycles. The molecule has 24 heavy (non-hydrogen) atoms. The van der Waals surface area contributed by atoms with Crippen LogP contribution in [0.15, 0.2) is 36.1 Å². The van der Waals surface area contributed by atoms with Crippen molar-refractivity contribution in [2.45, 2.75) is 31.5 Å². The van der Waals surface area contributed by atoms with Gasteiger partial charge in [-0.1, -0.05) is 18.2 Å². The SMILES string of the molecule is NC(=O)C(C1=CCOO1)N1CCC(Nc2ccccc2CO)CC1. The lowest BCUT2D eigenvalue weighted by molar-refractivity contribution is -0.240. The van der Waals surface area contributed by atoms with Crippen LogP contribution in [0.4, 0.5) is 5.69 Å². The van der Waals surface area contributed by atoms with Crippen LogP contribution in [0.1, 0.15) is 18.4 Å². The number of para-hydroxylation sites is 1. The van der Waals surface area contributed by atoms with Crippen LogP contribution in [-0.2, 0) is 21.2 Å². The monoisotopic (exact) mass is 333 g/mol. The van der Waals surface area contributed by atoms with Crippen molar-refractivity contribution in [1.29, 1.82) is 0 Å². The van der Waals surface area contributed by atoms with Crippen molar-refractivity contribution in [3.8, 4) is 0 Å². The quantitative estimate of drug-likeness (QED) is 0.665. The van der Waals surface area contributed by atoms with E-state index in [2.05, 4.69) is 5.32 Å². The fraction of sp³-hybridized carbons (Fsp3) is 0.471. The summed E-state index contributed by atoms with van der Waals surface area (Å²) in [6.45, 7) is 1.81. The summed E-state index contributed by atoms with van der Waals surface area (Å²) in [6.07, 6.45) is 3.49. The van der Waals surface area contributed by atoms with Crippen LogP contribution in [-0.4, -0.2) is 47.7 Å². The molecule has 2 aliphatic heterocycles. The van der Waals surface area contributed by atoms with Crippen molar-refractivity contribution in [3.63, 3.8) is 0 Å². The lowest BCUT2D eigenvalue weighted by Gasteiger charge is -2.36. The Labute approximate surface area is 141 Å². The van der Waals surface area contributed by atoms with Gasteiger partial charge >= 0.3 is 0 Å². The Morgan fingerprint density at radius 3 is 2.75 bits per heavy atom. The highest BCUT2D eigenvalue weighted by molar-refractivity contribution is 5.82. The van der Waals surface area contributed by atoms with E-state index in [0.29, 0.717) is 12.4 Å². The number of likely N-dealkylation sites (tertiary alicyclic amines) is 1. The second-order valence-electron chi connectivity index (χ2n) is 6.05. The number of rotatable bonds is 6. The Morgan fingerprint density at radius 1 is 1.38 bits per heavy atom. The summed E-state index contributed by atoms with van der Waals surface area (Å²) in [5, 5.41) is 12.9. The van der Waals surface area contributed by atoms with Gasteiger partial charge in [0, 0.05) is 30.4 Å². The predicted molar refractivity (Wildman–Crippen MR) is 88.7 cm³/mol. The fourth-order valence-corrected chi connectivity index (χ4v) is 3.23. The van der Waals surface area contributed by atoms with Gasteiger partial charge in [0.1, 0.15) is 6.61 Å². The number of anilines is 1. The number of nitrogens with one attached hydrogen (secondary N) is 1. The van der Waals surface area contributed by atoms with E-state index in [1.807, 2.05) is 29.2 Å². The molecule has 1 atom stereocenters. The van der Waals surface area contributed by atoms with Crippen molar-refractivity contribution >= 4 is 11.6 Å². The summed E-state index contributed by atoms with van der Waals surface area (Å²) in [5.41, 5.74) is 7.39. The third-order valence-corrected chi connectivity index (χ3v) is 4.49. The Hall–Kier alpha value is -2.09. The number of nitrogens with two attached hydrogens (primary N) is 1. The van der Waals surface area contributed by atoms with Gasteiger partial charge in [0.2, 0.25) is 5.91 Å². The molecule has 1 unspecified atom stereocenters. The van der Waals surface area contributed by atoms with Gasteiger partial charge < -0.3 is 21.0 Å². The van der Waals surface area contributed by atoms with Gasteiger partial charge in [-0.25, -0.2) is 0 Å². The number of benzene rings is 1. The summed E-state index contributed by atoms with van der Waals surface area (Å²) in [7, 11) is 0. The maximum Gasteiger partial charge on any atom is 0.242 e. The first-order chi connectivity index (χ1) is 11.7. The third-order valence-electron chi connectivity index (χ3n) is 4.49. The summed E-state index contributed by atoms with van der Waals surface area (Å²) in [6, 6.07) is 7.46. The molecule has 4 N–H and O–H groups in total. The number of carbonyl (C=O) groups excluding carboxylic acids is 1. The van der Waals surface area contributed by atoms with E-state index in [4.69, 9.17) is 15.5 Å². The number of hydrogen-bond acceptors (Lipinski definition) is 6. The molecule has 1 aromatic rings. The highest BCUT2D eigenvalue weighted by atomic mass is 17.2. The zero-order chi connectivity index (χ0) is 16.9. The smallest absolute Gasteiger partial charge is 0.242 e. The van der Waals surface area contributed by atoms with Crippen molar-refractivity contribution in [1.82, 2.24) is 4.90 Å². The van der Waals surface area contributed by atoms with E-state index >= 15 is 0 Å². The number of aliphatic hydroxyl groups excluding tert-OH is 1. The van der Waals surface area contributed by atoms with Crippen LogP contribution in [0.5, 0.6) is 0 Å². The second-order valence-corrected chi connectivity index (χ2v) is 6.05. The van der Waals surface area contributed by atoms with Crippen LogP contribution in [0, 0.1) is 0 Å². The number of amides is 1. The molecular weight excluding hydrogens is 310 g/mol. The van der Waals surface area contributed by atoms with Crippen LogP contribution in [0.2, 0.25) is 0 Å². The van der Waals surface area contributed by atoms with Crippen LogP contribution < -0.4 is 11.1 Å². The highest BCUT2D eigenvalue weighted by Crippen LogP contribution is 2.24. The minimum atomic E-state index is -0.571. The number of carbonyl (C=O) groups is 1. The Morgan fingerprint density at radius 2 is 2.12 bits per heavy atom. The predicted octanol–water partition coefficient (Wildman–Crippen LogP) is 0.755. The molecule has 2 aliphatic rings. The topological polar surface area (TPSA) is 97.1 Å². The average Bonchev–Trinajstić information content (AvgIpc) is 3.11. The van der Waals surface area contributed by atoms with Crippen molar-refractivity contribution < 1.29 is 19.7 Å². The Balaban J connectivity index is 1.59. The minimum absolute atomic E-state index is 0.0112. The molecule has 0 aliphatic carbocycles. The van der Waals surface area contributed by atoms with Crippen molar-refractivity contribution in [2.24, 2.45) is 5.73 Å². The van der Waals surface area contributed by atoms with E-state index in [1.54, 1.807) is 6.08 Å². The molecule has 0 radical (unpaired) electrons. The van der Waals surface area contributed by atoms with Gasteiger partial charge in [0.15, 0.2) is 11.8 Å².